The van der Waals surface area contributed by atoms with Crippen LogP contribution in [-0.2, 0) is 14.4 Å². The zero-order valence-corrected chi connectivity index (χ0v) is 20.0. The van der Waals surface area contributed by atoms with Gasteiger partial charge in [-0.15, -0.1) is 0 Å². The van der Waals surface area contributed by atoms with E-state index >= 15 is 0 Å². The maximum atomic E-state index is 12.9. The second-order valence-corrected chi connectivity index (χ2v) is 8.83. The molecule has 1 heterocycles. The fraction of sp³-hybridized carbons (Fsp3) is 0.875. The fourth-order valence-corrected chi connectivity index (χ4v) is 4.08. The summed E-state index contributed by atoms with van der Waals surface area (Å²) in [7, 11) is 3.61. The zero-order chi connectivity index (χ0) is 22.4. The van der Waals surface area contributed by atoms with Crippen LogP contribution in [0.3, 0.4) is 0 Å². The van der Waals surface area contributed by atoms with E-state index in [0.29, 0.717) is 19.5 Å². The van der Waals surface area contributed by atoms with Crippen molar-refractivity contribution in [1.29, 1.82) is 0 Å². The first-order chi connectivity index (χ1) is 14.4. The Morgan fingerprint density at radius 3 is 1.90 bits per heavy atom. The highest BCUT2D eigenvalue weighted by molar-refractivity contribution is 5.99. The van der Waals surface area contributed by atoms with E-state index in [1.807, 2.05) is 7.05 Å². The third kappa shape index (κ3) is 9.48. The molecule has 0 bridgehead atoms. The standard InChI is InChI=1S/C24H45N3O3/c1-5-7-9-11-13-17-25(3)22(28)20-23(29)27-19-15-16-21(27)24(30)26(4)18-14-12-10-8-6-2/h21H,5-20H2,1-4H3. The van der Waals surface area contributed by atoms with Crippen molar-refractivity contribution in [1.82, 2.24) is 14.7 Å². The SMILES string of the molecule is CCCCCCCN(C)C(=O)CC(=O)N1CCCC1C(=O)N(C)CCCCCCC. The average Bonchev–Trinajstić information content (AvgIpc) is 3.22. The van der Waals surface area contributed by atoms with Gasteiger partial charge in [0.2, 0.25) is 17.7 Å². The van der Waals surface area contributed by atoms with Crippen molar-refractivity contribution in [2.24, 2.45) is 0 Å². The van der Waals surface area contributed by atoms with Gasteiger partial charge in [-0.25, -0.2) is 0 Å². The number of carbonyl (C=O) groups excluding carboxylic acids is 3. The lowest BCUT2D eigenvalue weighted by molar-refractivity contribution is -0.146. The van der Waals surface area contributed by atoms with Crippen molar-refractivity contribution >= 4 is 17.7 Å². The summed E-state index contributed by atoms with van der Waals surface area (Å²) in [6.45, 7) is 6.38. The molecular formula is C24H45N3O3. The third-order valence-corrected chi connectivity index (χ3v) is 6.16. The molecule has 1 unspecified atom stereocenters. The van der Waals surface area contributed by atoms with Crippen LogP contribution in [0.25, 0.3) is 0 Å². The Morgan fingerprint density at radius 2 is 1.33 bits per heavy atom. The van der Waals surface area contributed by atoms with Gasteiger partial charge in [0.25, 0.3) is 0 Å². The predicted octanol–water partition coefficient (Wildman–Crippen LogP) is 4.23. The monoisotopic (exact) mass is 423 g/mol. The van der Waals surface area contributed by atoms with Gasteiger partial charge in [0.1, 0.15) is 12.5 Å². The van der Waals surface area contributed by atoms with Gasteiger partial charge in [-0.2, -0.15) is 0 Å². The second-order valence-electron chi connectivity index (χ2n) is 8.83. The maximum absolute atomic E-state index is 12.9. The average molecular weight is 424 g/mol. The number of hydrogen-bond acceptors (Lipinski definition) is 3. The van der Waals surface area contributed by atoms with Gasteiger partial charge in [-0.05, 0) is 25.7 Å². The quantitative estimate of drug-likeness (QED) is 0.293. The minimum atomic E-state index is -0.398. The molecule has 0 spiro atoms. The summed E-state index contributed by atoms with van der Waals surface area (Å²) in [5.74, 6) is -0.323. The minimum Gasteiger partial charge on any atom is -0.345 e. The lowest BCUT2D eigenvalue weighted by Gasteiger charge is -2.28. The highest BCUT2D eigenvalue weighted by Gasteiger charge is 2.36. The molecule has 1 aliphatic rings. The molecule has 1 rings (SSSR count). The molecule has 0 N–H and O–H groups in total. The molecule has 6 nitrogen and oxygen atoms in total. The Labute approximate surface area is 184 Å². The van der Waals surface area contributed by atoms with Crippen LogP contribution in [0, 0.1) is 0 Å². The maximum Gasteiger partial charge on any atom is 0.245 e. The van der Waals surface area contributed by atoms with E-state index in [9.17, 15) is 14.4 Å². The fourth-order valence-electron chi connectivity index (χ4n) is 4.08. The number of hydrogen-bond donors (Lipinski definition) is 0. The Hall–Kier alpha value is -1.59. The van der Waals surface area contributed by atoms with E-state index in [0.717, 1.165) is 38.6 Å². The van der Waals surface area contributed by atoms with Gasteiger partial charge in [0.15, 0.2) is 0 Å². The second kappa shape index (κ2) is 15.2. The summed E-state index contributed by atoms with van der Waals surface area (Å²) in [4.78, 5) is 43.1. The van der Waals surface area contributed by atoms with Crippen molar-refractivity contribution in [3.8, 4) is 0 Å². The van der Waals surface area contributed by atoms with E-state index in [2.05, 4.69) is 13.8 Å². The van der Waals surface area contributed by atoms with Crippen molar-refractivity contribution < 1.29 is 14.4 Å². The van der Waals surface area contributed by atoms with Crippen LogP contribution in [0.4, 0.5) is 0 Å². The molecule has 0 aromatic carbocycles. The smallest absolute Gasteiger partial charge is 0.245 e. The normalized spacial score (nSPS) is 16.0. The van der Waals surface area contributed by atoms with Gasteiger partial charge in [-0.1, -0.05) is 65.2 Å². The van der Waals surface area contributed by atoms with Gasteiger partial charge >= 0.3 is 0 Å². The van der Waals surface area contributed by atoms with Crippen LogP contribution < -0.4 is 0 Å². The molecular weight excluding hydrogens is 378 g/mol. The summed E-state index contributed by atoms with van der Waals surface area (Å²) in [5, 5.41) is 0. The number of likely N-dealkylation sites (N-methyl/N-ethyl adjacent to an activating group) is 1. The zero-order valence-electron chi connectivity index (χ0n) is 20.0. The van der Waals surface area contributed by atoms with Crippen LogP contribution in [0.2, 0.25) is 0 Å². The Bertz CT molecular complexity index is 524. The van der Waals surface area contributed by atoms with Crippen molar-refractivity contribution in [3.63, 3.8) is 0 Å². The van der Waals surface area contributed by atoms with Gasteiger partial charge < -0.3 is 14.7 Å². The molecule has 0 radical (unpaired) electrons. The van der Waals surface area contributed by atoms with E-state index < -0.39 is 6.04 Å². The van der Waals surface area contributed by atoms with E-state index in [1.165, 1.54) is 38.5 Å². The molecule has 1 aliphatic heterocycles. The lowest BCUT2D eigenvalue weighted by atomic mass is 10.1. The third-order valence-electron chi connectivity index (χ3n) is 6.16. The summed E-state index contributed by atoms with van der Waals surface area (Å²) in [5.41, 5.74) is 0. The molecule has 1 fully saturated rings. The van der Waals surface area contributed by atoms with Crippen LogP contribution in [0.1, 0.15) is 97.3 Å². The Morgan fingerprint density at radius 1 is 0.800 bits per heavy atom. The molecule has 30 heavy (non-hydrogen) atoms. The summed E-state index contributed by atoms with van der Waals surface area (Å²) in [6.07, 6.45) is 12.9. The van der Waals surface area contributed by atoms with Gasteiger partial charge in [0.05, 0.1) is 0 Å². The van der Waals surface area contributed by atoms with Crippen molar-refractivity contribution in [3.05, 3.63) is 0 Å². The van der Waals surface area contributed by atoms with E-state index in [-0.39, 0.29) is 24.1 Å². The number of unbranched alkanes of at least 4 members (excludes halogenated alkanes) is 8. The van der Waals surface area contributed by atoms with Crippen LogP contribution in [0.15, 0.2) is 0 Å². The number of amides is 3. The summed E-state index contributed by atoms with van der Waals surface area (Å²) < 4.78 is 0. The predicted molar refractivity (Wildman–Crippen MR) is 122 cm³/mol. The molecule has 0 aromatic heterocycles. The largest absolute Gasteiger partial charge is 0.345 e. The number of likely N-dealkylation sites (tertiary alicyclic amines) is 1. The molecule has 3 amide bonds. The van der Waals surface area contributed by atoms with Gasteiger partial charge in [-0.3, -0.25) is 14.4 Å². The van der Waals surface area contributed by atoms with E-state index in [4.69, 9.17) is 0 Å². The molecule has 174 valence electrons. The molecule has 6 heteroatoms. The summed E-state index contributed by atoms with van der Waals surface area (Å²) in [6, 6.07) is -0.398. The number of nitrogens with zero attached hydrogens (tertiary/aromatic N) is 3. The Kier molecular flexibility index (Phi) is 13.4. The van der Waals surface area contributed by atoms with Crippen LogP contribution in [-0.4, -0.2) is 72.2 Å². The van der Waals surface area contributed by atoms with Crippen molar-refractivity contribution in [2.45, 2.75) is 103 Å². The summed E-state index contributed by atoms with van der Waals surface area (Å²) >= 11 is 0. The molecule has 0 aliphatic carbocycles. The molecule has 0 saturated carbocycles. The highest BCUT2D eigenvalue weighted by atomic mass is 16.2. The van der Waals surface area contributed by atoms with Crippen LogP contribution in [0.5, 0.6) is 0 Å². The number of carbonyl (C=O) groups is 3. The lowest BCUT2D eigenvalue weighted by Crippen LogP contribution is -2.47. The first-order valence-electron chi connectivity index (χ1n) is 12.2. The van der Waals surface area contributed by atoms with E-state index in [1.54, 1.807) is 21.7 Å². The first-order valence-corrected chi connectivity index (χ1v) is 12.2. The van der Waals surface area contributed by atoms with Crippen LogP contribution >= 0.6 is 0 Å². The molecule has 1 atom stereocenters. The highest BCUT2D eigenvalue weighted by Crippen LogP contribution is 2.21. The van der Waals surface area contributed by atoms with Gasteiger partial charge in [0, 0.05) is 33.7 Å². The first kappa shape index (κ1) is 26.4. The molecule has 0 aromatic rings. The topological polar surface area (TPSA) is 60.9 Å². The minimum absolute atomic E-state index is 0.0214. The Balaban J connectivity index is 2.42. The molecule has 1 saturated heterocycles. The van der Waals surface area contributed by atoms with Crippen molar-refractivity contribution in [2.75, 3.05) is 33.7 Å². The number of rotatable bonds is 15.